The Morgan fingerprint density at radius 1 is 1.19 bits per heavy atom. The molecule has 26 heavy (non-hydrogen) atoms. The Labute approximate surface area is 149 Å². The Bertz CT molecular complexity index is 1020. The quantitative estimate of drug-likeness (QED) is 0.425. The molecule has 2 aromatic carbocycles. The van der Waals surface area contributed by atoms with Crippen LogP contribution in [-0.4, -0.2) is 26.8 Å². The fraction of sp³-hybridized carbons (Fsp3) is 0.0526. The van der Waals surface area contributed by atoms with E-state index in [1.165, 1.54) is 12.1 Å². The SMILES string of the molecule is Cc1ccc(N=Cc2cccn2-c2cccc(C(=O)O)c2)cc1[N+](=O)[O-]. The van der Waals surface area contributed by atoms with Gasteiger partial charge in [0.1, 0.15) is 0 Å². The topological polar surface area (TPSA) is 97.7 Å². The van der Waals surface area contributed by atoms with Gasteiger partial charge in [-0.1, -0.05) is 12.1 Å². The molecule has 0 unspecified atom stereocenters. The second-order valence-electron chi connectivity index (χ2n) is 5.64. The van der Waals surface area contributed by atoms with Gasteiger partial charge >= 0.3 is 5.97 Å². The summed E-state index contributed by atoms with van der Waals surface area (Å²) in [7, 11) is 0. The van der Waals surface area contributed by atoms with E-state index < -0.39 is 10.9 Å². The third-order valence-corrected chi connectivity index (χ3v) is 3.89. The van der Waals surface area contributed by atoms with Gasteiger partial charge in [-0.2, -0.15) is 0 Å². The Morgan fingerprint density at radius 2 is 2.00 bits per heavy atom. The fourth-order valence-electron chi connectivity index (χ4n) is 2.54. The first-order valence-corrected chi connectivity index (χ1v) is 7.76. The molecule has 0 aliphatic rings. The van der Waals surface area contributed by atoms with Crippen molar-refractivity contribution in [2.45, 2.75) is 6.92 Å². The molecule has 0 fully saturated rings. The highest BCUT2D eigenvalue weighted by Crippen LogP contribution is 2.24. The number of aryl methyl sites for hydroxylation is 1. The van der Waals surface area contributed by atoms with E-state index in [9.17, 15) is 14.9 Å². The van der Waals surface area contributed by atoms with Crippen LogP contribution in [0.3, 0.4) is 0 Å². The van der Waals surface area contributed by atoms with Crippen molar-refractivity contribution in [3.63, 3.8) is 0 Å². The summed E-state index contributed by atoms with van der Waals surface area (Å²) >= 11 is 0. The van der Waals surface area contributed by atoms with Gasteiger partial charge in [0.15, 0.2) is 0 Å². The van der Waals surface area contributed by atoms with Crippen molar-refractivity contribution in [2.75, 3.05) is 0 Å². The van der Waals surface area contributed by atoms with Gasteiger partial charge in [-0.05, 0) is 43.3 Å². The molecule has 1 heterocycles. The van der Waals surface area contributed by atoms with Crippen molar-refractivity contribution >= 4 is 23.6 Å². The Hall–Kier alpha value is -3.74. The summed E-state index contributed by atoms with van der Waals surface area (Å²) in [6, 6.07) is 15.0. The zero-order valence-electron chi connectivity index (χ0n) is 13.9. The lowest BCUT2D eigenvalue weighted by Crippen LogP contribution is -2.01. The average Bonchev–Trinajstić information content (AvgIpc) is 3.09. The van der Waals surface area contributed by atoms with Crippen molar-refractivity contribution in [3.05, 3.63) is 87.7 Å². The molecule has 0 atom stereocenters. The lowest BCUT2D eigenvalue weighted by atomic mass is 10.2. The van der Waals surface area contributed by atoms with E-state index >= 15 is 0 Å². The summed E-state index contributed by atoms with van der Waals surface area (Å²) in [5.41, 5.74) is 2.65. The van der Waals surface area contributed by atoms with Crippen LogP contribution in [0.4, 0.5) is 11.4 Å². The molecule has 0 aliphatic carbocycles. The monoisotopic (exact) mass is 349 g/mol. The minimum Gasteiger partial charge on any atom is -0.478 e. The van der Waals surface area contributed by atoms with E-state index in [-0.39, 0.29) is 11.3 Å². The smallest absolute Gasteiger partial charge is 0.335 e. The van der Waals surface area contributed by atoms with Crippen LogP contribution in [0.1, 0.15) is 21.6 Å². The van der Waals surface area contributed by atoms with E-state index in [1.807, 2.05) is 12.1 Å². The third kappa shape index (κ3) is 3.51. The van der Waals surface area contributed by atoms with Crippen LogP contribution in [0.25, 0.3) is 5.69 Å². The number of hydrogen-bond acceptors (Lipinski definition) is 4. The molecular formula is C19H15N3O4. The maximum atomic E-state index is 11.1. The van der Waals surface area contributed by atoms with Crippen LogP contribution < -0.4 is 0 Å². The summed E-state index contributed by atoms with van der Waals surface area (Å²) in [5, 5.41) is 20.2. The van der Waals surface area contributed by atoms with Crippen LogP contribution in [-0.2, 0) is 0 Å². The zero-order chi connectivity index (χ0) is 18.7. The number of hydrogen-bond donors (Lipinski definition) is 1. The lowest BCUT2D eigenvalue weighted by Gasteiger charge is -2.07. The van der Waals surface area contributed by atoms with Gasteiger partial charge in [-0.3, -0.25) is 15.1 Å². The third-order valence-electron chi connectivity index (χ3n) is 3.89. The molecule has 1 aromatic heterocycles. The number of carboxylic acids is 1. The number of carboxylic acid groups (broad SMARTS) is 1. The zero-order valence-corrected chi connectivity index (χ0v) is 13.9. The van der Waals surface area contributed by atoms with E-state index in [4.69, 9.17) is 5.11 Å². The van der Waals surface area contributed by atoms with Gasteiger partial charge in [0, 0.05) is 23.5 Å². The van der Waals surface area contributed by atoms with Gasteiger partial charge in [0.2, 0.25) is 0 Å². The molecule has 0 aliphatic heterocycles. The highest BCUT2D eigenvalue weighted by Gasteiger charge is 2.11. The molecule has 3 aromatic rings. The molecule has 0 radical (unpaired) electrons. The summed E-state index contributed by atoms with van der Waals surface area (Å²) in [6.45, 7) is 1.67. The Kier molecular flexibility index (Phi) is 4.62. The summed E-state index contributed by atoms with van der Waals surface area (Å²) < 4.78 is 1.79. The number of aromatic carboxylic acids is 1. The first-order chi connectivity index (χ1) is 12.5. The second-order valence-corrected chi connectivity index (χ2v) is 5.64. The van der Waals surface area contributed by atoms with Crippen LogP contribution in [0.5, 0.6) is 0 Å². The maximum absolute atomic E-state index is 11.1. The van der Waals surface area contributed by atoms with Crippen molar-refractivity contribution in [1.82, 2.24) is 4.57 Å². The number of aromatic nitrogens is 1. The minimum atomic E-state index is -0.999. The Balaban J connectivity index is 1.94. The number of aliphatic imine (C=N–C) groups is 1. The molecule has 7 heteroatoms. The largest absolute Gasteiger partial charge is 0.478 e. The summed E-state index contributed by atoms with van der Waals surface area (Å²) in [4.78, 5) is 26.1. The van der Waals surface area contributed by atoms with Crippen LogP contribution >= 0.6 is 0 Å². The number of carbonyl (C=O) groups is 1. The molecule has 0 bridgehead atoms. The van der Waals surface area contributed by atoms with Gasteiger partial charge in [-0.25, -0.2) is 4.79 Å². The predicted octanol–water partition coefficient (Wildman–Crippen LogP) is 4.14. The predicted molar refractivity (Wildman–Crippen MR) is 97.8 cm³/mol. The molecule has 0 saturated carbocycles. The maximum Gasteiger partial charge on any atom is 0.335 e. The van der Waals surface area contributed by atoms with Gasteiger partial charge < -0.3 is 9.67 Å². The van der Waals surface area contributed by atoms with Crippen molar-refractivity contribution < 1.29 is 14.8 Å². The van der Waals surface area contributed by atoms with Gasteiger partial charge in [0.05, 0.1) is 28.1 Å². The molecule has 1 N–H and O–H groups in total. The Morgan fingerprint density at radius 3 is 2.73 bits per heavy atom. The van der Waals surface area contributed by atoms with Crippen LogP contribution in [0.15, 0.2) is 65.8 Å². The second kappa shape index (κ2) is 7.02. The van der Waals surface area contributed by atoms with Crippen LogP contribution in [0, 0.1) is 17.0 Å². The number of benzene rings is 2. The van der Waals surface area contributed by atoms with Crippen molar-refractivity contribution in [2.24, 2.45) is 4.99 Å². The van der Waals surface area contributed by atoms with E-state index in [0.29, 0.717) is 16.9 Å². The first-order valence-electron chi connectivity index (χ1n) is 7.76. The summed E-state index contributed by atoms with van der Waals surface area (Å²) in [6.07, 6.45) is 3.38. The molecule has 0 spiro atoms. The van der Waals surface area contributed by atoms with Crippen molar-refractivity contribution in [3.8, 4) is 5.69 Å². The van der Waals surface area contributed by atoms with E-state index in [2.05, 4.69) is 4.99 Å². The molecule has 0 amide bonds. The van der Waals surface area contributed by atoms with E-state index in [1.54, 1.807) is 54.2 Å². The highest BCUT2D eigenvalue weighted by molar-refractivity contribution is 5.88. The first kappa shape index (κ1) is 17.1. The molecule has 130 valence electrons. The normalized spacial score (nSPS) is 11.0. The number of nitro benzene ring substituents is 1. The van der Waals surface area contributed by atoms with Crippen LogP contribution in [0.2, 0.25) is 0 Å². The molecule has 3 rings (SSSR count). The average molecular weight is 349 g/mol. The number of rotatable bonds is 5. The van der Waals surface area contributed by atoms with Crippen molar-refractivity contribution in [1.29, 1.82) is 0 Å². The molecular weight excluding hydrogens is 334 g/mol. The minimum absolute atomic E-state index is 0.0178. The van der Waals surface area contributed by atoms with Gasteiger partial charge in [0.25, 0.3) is 5.69 Å². The summed E-state index contributed by atoms with van der Waals surface area (Å²) in [5.74, 6) is -0.999. The lowest BCUT2D eigenvalue weighted by molar-refractivity contribution is -0.385. The molecule has 0 saturated heterocycles. The van der Waals surface area contributed by atoms with E-state index in [0.717, 1.165) is 5.69 Å². The van der Waals surface area contributed by atoms with Gasteiger partial charge in [-0.15, -0.1) is 0 Å². The molecule has 7 nitrogen and oxygen atoms in total. The number of nitro groups is 1. The fourth-order valence-corrected chi connectivity index (χ4v) is 2.54. The standard InChI is InChI=1S/C19H15N3O4/c1-13-7-8-15(11-18(13)22(25)26)20-12-17-6-3-9-21(17)16-5-2-4-14(10-16)19(23)24/h2-12H,1H3,(H,23,24). The highest BCUT2D eigenvalue weighted by atomic mass is 16.6. The number of nitrogens with zero attached hydrogens (tertiary/aromatic N) is 3.